The van der Waals surface area contributed by atoms with Crippen LogP contribution >= 0.6 is 0 Å². The van der Waals surface area contributed by atoms with Gasteiger partial charge < -0.3 is 5.32 Å². The van der Waals surface area contributed by atoms with Gasteiger partial charge in [-0.3, -0.25) is 9.10 Å². The summed E-state index contributed by atoms with van der Waals surface area (Å²) >= 11 is 0. The lowest BCUT2D eigenvalue weighted by Gasteiger charge is -2.19. The van der Waals surface area contributed by atoms with Gasteiger partial charge in [0.15, 0.2) is 0 Å². The van der Waals surface area contributed by atoms with Gasteiger partial charge in [0.1, 0.15) is 0 Å². The molecular formula is C11H16N2O3S. The van der Waals surface area contributed by atoms with Crippen LogP contribution in [0.4, 0.5) is 5.69 Å². The number of para-hydroxylation sites is 1. The smallest absolute Gasteiger partial charge is 0.253 e. The van der Waals surface area contributed by atoms with E-state index in [0.29, 0.717) is 17.8 Å². The van der Waals surface area contributed by atoms with Crippen LogP contribution in [0.5, 0.6) is 0 Å². The Kier molecular flexibility index (Phi) is 4.11. The number of sulfonamides is 1. The fourth-order valence-electron chi connectivity index (χ4n) is 1.37. The molecule has 0 radical (unpaired) electrons. The van der Waals surface area contributed by atoms with Crippen LogP contribution in [0, 0.1) is 0 Å². The average Bonchev–Trinajstić information content (AvgIpc) is 2.27. The molecule has 0 aliphatic carbocycles. The normalized spacial score (nSPS) is 11.0. The Labute approximate surface area is 101 Å². The molecule has 0 saturated heterocycles. The van der Waals surface area contributed by atoms with E-state index in [1.54, 1.807) is 31.2 Å². The molecule has 0 spiro atoms. The summed E-state index contributed by atoms with van der Waals surface area (Å²) in [6, 6.07) is 6.59. The van der Waals surface area contributed by atoms with Crippen LogP contribution < -0.4 is 9.62 Å². The third kappa shape index (κ3) is 3.20. The molecule has 6 heteroatoms. The minimum Gasteiger partial charge on any atom is -0.352 e. The number of rotatable bonds is 4. The number of carbonyl (C=O) groups is 1. The number of nitrogens with zero attached hydrogens (tertiary/aromatic N) is 1. The first-order chi connectivity index (χ1) is 7.88. The molecule has 0 aromatic heterocycles. The van der Waals surface area contributed by atoms with Gasteiger partial charge in [-0.15, -0.1) is 0 Å². The zero-order chi connectivity index (χ0) is 13.1. The molecule has 0 unspecified atom stereocenters. The summed E-state index contributed by atoms with van der Waals surface area (Å²) in [7, 11) is -1.95. The number of hydrogen-bond acceptors (Lipinski definition) is 3. The molecule has 0 fully saturated rings. The number of anilines is 1. The Morgan fingerprint density at radius 3 is 2.47 bits per heavy atom. The molecule has 0 heterocycles. The summed E-state index contributed by atoms with van der Waals surface area (Å²) in [4.78, 5) is 11.8. The van der Waals surface area contributed by atoms with E-state index in [1.807, 2.05) is 0 Å². The molecular weight excluding hydrogens is 240 g/mol. The fraction of sp³-hybridized carbons (Fsp3) is 0.364. The van der Waals surface area contributed by atoms with Gasteiger partial charge >= 0.3 is 0 Å². The van der Waals surface area contributed by atoms with E-state index in [9.17, 15) is 13.2 Å². The standard InChI is InChI=1S/C11H16N2O3S/c1-4-12-11(14)9-7-5-6-8-10(9)13(2)17(3,15)16/h5-8H,4H2,1-3H3,(H,12,14). The first-order valence-electron chi connectivity index (χ1n) is 5.19. The van der Waals surface area contributed by atoms with Crippen molar-refractivity contribution >= 4 is 21.6 Å². The molecule has 1 aromatic carbocycles. The summed E-state index contributed by atoms with van der Waals surface area (Å²) in [5.74, 6) is -0.279. The highest BCUT2D eigenvalue weighted by Gasteiger charge is 2.18. The van der Waals surface area contributed by atoms with Gasteiger partial charge in [0.2, 0.25) is 10.0 Å². The van der Waals surface area contributed by atoms with Crippen LogP contribution in [-0.2, 0) is 10.0 Å². The van der Waals surface area contributed by atoms with Crippen LogP contribution in [-0.4, -0.2) is 34.2 Å². The van der Waals surface area contributed by atoms with Crippen molar-refractivity contribution in [3.05, 3.63) is 29.8 Å². The van der Waals surface area contributed by atoms with E-state index < -0.39 is 10.0 Å². The quantitative estimate of drug-likeness (QED) is 0.867. The van der Waals surface area contributed by atoms with Crippen molar-refractivity contribution in [3.63, 3.8) is 0 Å². The molecule has 0 aliphatic rings. The highest BCUT2D eigenvalue weighted by molar-refractivity contribution is 7.92. The van der Waals surface area contributed by atoms with Gasteiger partial charge in [-0.25, -0.2) is 8.42 Å². The van der Waals surface area contributed by atoms with Gasteiger partial charge in [0.05, 0.1) is 17.5 Å². The van der Waals surface area contributed by atoms with E-state index in [4.69, 9.17) is 0 Å². The highest BCUT2D eigenvalue weighted by Crippen LogP contribution is 2.21. The molecule has 17 heavy (non-hydrogen) atoms. The van der Waals surface area contributed by atoms with Crippen molar-refractivity contribution < 1.29 is 13.2 Å². The van der Waals surface area contributed by atoms with Crippen molar-refractivity contribution in [3.8, 4) is 0 Å². The van der Waals surface area contributed by atoms with E-state index >= 15 is 0 Å². The van der Waals surface area contributed by atoms with E-state index in [-0.39, 0.29) is 5.91 Å². The van der Waals surface area contributed by atoms with Crippen molar-refractivity contribution in [1.82, 2.24) is 5.32 Å². The number of hydrogen-bond donors (Lipinski definition) is 1. The van der Waals surface area contributed by atoms with E-state index in [2.05, 4.69) is 5.32 Å². The SMILES string of the molecule is CCNC(=O)c1ccccc1N(C)S(C)(=O)=O. The van der Waals surface area contributed by atoms with Crippen LogP contribution in [0.25, 0.3) is 0 Å². The minimum absolute atomic E-state index is 0.279. The Bertz CT molecular complexity index is 511. The Morgan fingerprint density at radius 1 is 1.35 bits per heavy atom. The summed E-state index contributed by atoms with van der Waals surface area (Å²) in [5.41, 5.74) is 0.725. The second-order valence-electron chi connectivity index (χ2n) is 3.61. The third-order valence-electron chi connectivity index (χ3n) is 2.32. The predicted molar refractivity (Wildman–Crippen MR) is 67.7 cm³/mol. The van der Waals surface area contributed by atoms with Crippen LogP contribution in [0.15, 0.2) is 24.3 Å². The zero-order valence-corrected chi connectivity index (χ0v) is 10.9. The average molecular weight is 256 g/mol. The Morgan fingerprint density at radius 2 is 1.94 bits per heavy atom. The van der Waals surface area contributed by atoms with Gasteiger partial charge in [-0.2, -0.15) is 0 Å². The molecule has 94 valence electrons. The minimum atomic E-state index is -3.37. The first-order valence-corrected chi connectivity index (χ1v) is 7.04. The molecule has 5 nitrogen and oxygen atoms in total. The van der Waals surface area contributed by atoms with Gasteiger partial charge in [0, 0.05) is 13.6 Å². The van der Waals surface area contributed by atoms with Crippen molar-refractivity contribution in [2.45, 2.75) is 6.92 Å². The van der Waals surface area contributed by atoms with Crippen molar-refractivity contribution in [1.29, 1.82) is 0 Å². The van der Waals surface area contributed by atoms with E-state index in [1.165, 1.54) is 7.05 Å². The largest absolute Gasteiger partial charge is 0.352 e. The maximum absolute atomic E-state index is 11.8. The molecule has 0 atom stereocenters. The van der Waals surface area contributed by atoms with Crippen LogP contribution in [0.1, 0.15) is 17.3 Å². The number of carbonyl (C=O) groups excluding carboxylic acids is 1. The molecule has 1 N–H and O–H groups in total. The Hall–Kier alpha value is -1.56. The summed E-state index contributed by atoms with van der Waals surface area (Å²) in [5, 5.41) is 2.65. The van der Waals surface area contributed by atoms with Gasteiger partial charge in [-0.05, 0) is 19.1 Å². The van der Waals surface area contributed by atoms with Crippen LogP contribution in [0.3, 0.4) is 0 Å². The lowest BCUT2D eigenvalue weighted by Crippen LogP contribution is -2.29. The predicted octanol–water partition coefficient (Wildman–Crippen LogP) is 0.832. The molecule has 0 bridgehead atoms. The second-order valence-corrected chi connectivity index (χ2v) is 5.62. The van der Waals surface area contributed by atoms with Crippen molar-refractivity contribution in [2.24, 2.45) is 0 Å². The number of benzene rings is 1. The molecule has 0 aliphatic heterocycles. The molecule has 1 amide bonds. The van der Waals surface area contributed by atoms with E-state index in [0.717, 1.165) is 10.6 Å². The Balaban J connectivity index is 3.21. The third-order valence-corrected chi connectivity index (χ3v) is 3.51. The number of amides is 1. The molecule has 1 rings (SSSR count). The van der Waals surface area contributed by atoms with Crippen molar-refractivity contribution in [2.75, 3.05) is 24.2 Å². The zero-order valence-electron chi connectivity index (χ0n) is 10.1. The molecule has 1 aromatic rings. The van der Waals surface area contributed by atoms with Crippen LogP contribution in [0.2, 0.25) is 0 Å². The second kappa shape index (κ2) is 5.18. The maximum Gasteiger partial charge on any atom is 0.253 e. The lowest BCUT2D eigenvalue weighted by atomic mass is 10.1. The maximum atomic E-state index is 11.8. The van der Waals surface area contributed by atoms with Gasteiger partial charge in [-0.1, -0.05) is 12.1 Å². The summed E-state index contributed by atoms with van der Waals surface area (Å²) < 4.78 is 24.0. The highest BCUT2D eigenvalue weighted by atomic mass is 32.2. The summed E-state index contributed by atoms with van der Waals surface area (Å²) in [6.45, 7) is 2.30. The van der Waals surface area contributed by atoms with Gasteiger partial charge in [0.25, 0.3) is 5.91 Å². The monoisotopic (exact) mass is 256 g/mol. The topological polar surface area (TPSA) is 66.5 Å². The lowest BCUT2D eigenvalue weighted by molar-refractivity contribution is 0.0956. The molecule has 0 saturated carbocycles. The number of nitrogens with one attached hydrogen (secondary N) is 1. The first kappa shape index (κ1) is 13.5. The fourth-order valence-corrected chi connectivity index (χ4v) is 1.89. The summed E-state index contributed by atoms with van der Waals surface area (Å²) in [6.07, 6.45) is 1.10.